The van der Waals surface area contributed by atoms with Gasteiger partial charge in [-0.2, -0.15) is 15.5 Å². The van der Waals surface area contributed by atoms with E-state index in [1.165, 1.54) is 0 Å². The van der Waals surface area contributed by atoms with Crippen LogP contribution >= 0.6 is 0 Å². The molecule has 5 rings (SSSR count). The lowest BCUT2D eigenvalue weighted by molar-refractivity contribution is -0.105. The Bertz CT molecular complexity index is 1100. The van der Waals surface area contributed by atoms with Gasteiger partial charge in [0.25, 0.3) is 0 Å². The minimum absolute atomic E-state index is 0.0941. The molecule has 1 saturated heterocycles. The van der Waals surface area contributed by atoms with Crippen LogP contribution < -0.4 is 10.5 Å². The molecule has 32 heavy (non-hydrogen) atoms. The number of anilines is 1. The van der Waals surface area contributed by atoms with Gasteiger partial charge in [-0.15, -0.1) is 0 Å². The Morgan fingerprint density at radius 1 is 1.31 bits per heavy atom. The van der Waals surface area contributed by atoms with E-state index in [4.69, 9.17) is 19.9 Å². The number of aromatic nitrogens is 4. The van der Waals surface area contributed by atoms with Crippen molar-refractivity contribution < 1.29 is 19.0 Å². The van der Waals surface area contributed by atoms with Gasteiger partial charge in [0.05, 0.1) is 19.0 Å². The molecule has 1 unspecified atom stereocenters. The number of ether oxygens (including phenoxy) is 3. The van der Waals surface area contributed by atoms with E-state index in [2.05, 4.69) is 21.9 Å². The smallest absolute Gasteiger partial charge is 0.247 e. The second-order valence-corrected chi connectivity index (χ2v) is 9.44. The van der Waals surface area contributed by atoms with E-state index in [9.17, 15) is 4.80 Å². The third-order valence-electron chi connectivity index (χ3n) is 6.65. The largest absolute Gasteiger partial charge is 0.634 e. The first kappa shape index (κ1) is 21.3. The van der Waals surface area contributed by atoms with Crippen LogP contribution in [0, 0.1) is 5.92 Å². The normalized spacial score (nSPS) is 29.8. The van der Waals surface area contributed by atoms with Gasteiger partial charge >= 0.3 is 0 Å². The fourth-order valence-electron chi connectivity index (χ4n) is 5.27. The molecule has 9 nitrogen and oxygen atoms in total. The van der Waals surface area contributed by atoms with Crippen LogP contribution in [0.2, 0.25) is 5.54 Å². The maximum atomic E-state index is 10.1. The first-order valence-electron chi connectivity index (χ1n) is 10.9. The van der Waals surface area contributed by atoms with Crippen molar-refractivity contribution >= 4 is 26.9 Å². The maximum Gasteiger partial charge on any atom is 0.247 e. The number of rotatable bonds is 6. The molecular formula is C22H27N5O4Si-. The lowest BCUT2D eigenvalue weighted by atomic mass is 9.86. The number of hydrogen-bond donors (Lipinski definition) is 2. The summed E-state index contributed by atoms with van der Waals surface area (Å²) in [5.74, 6) is 0.650. The maximum absolute atomic E-state index is 10.1. The minimum Gasteiger partial charge on any atom is -0.634 e. The second-order valence-electron chi connectivity index (χ2n) is 8.44. The molecule has 10 heteroatoms. The molecule has 5 atom stereocenters. The van der Waals surface area contributed by atoms with Crippen molar-refractivity contribution in [2.75, 3.05) is 12.3 Å². The zero-order valence-electron chi connectivity index (χ0n) is 18.1. The van der Waals surface area contributed by atoms with Gasteiger partial charge in [-0.1, -0.05) is 50.1 Å². The van der Waals surface area contributed by atoms with Crippen LogP contribution in [0.5, 0.6) is 5.88 Å². The molecule has 1 radical (unpaired) electrons. The highest BCUT2D eigenvalue weighted by atomic mass is 28.2. The molecule has 1 aliphatic carbocycles. The third-order valence-corrected chi connectivity index (χ3v) is 7.62. The van der Waals surface area contributed by atoms with E-state index >= 15 is 0 Å². The minimum atomic E-state index is -0.549. The molecule has 1 aliphatic heterocycles. The summed E-state index contributed by atoms with van der Waals surface area (Å²) >= 11 is 0. The van der Waals surface area contributed by atoms with Crippen molar-refractivity contribution in [1.29, 1.82) is 0 Å². The fraction of sp³-hybridized carbons (Fsp3) is 0.500. The molecule has 1 saturated carbocycles. The summed E-state index contributed by atoms with van der Waals surface area (Å²) in [6.07, 6.45) is 3.09. The van der Waals surface area contributed by atoms with Crippen LogP contribution in [0.3, 0.4) is 0 Å². The first-order chi connectivity index (χ1) is 15.6. The van der Waals surface area contributed by atoms with Crippen molar-refractivity contribution in [3.8, 4) is 5.88 Å². The molecule has 2 aromatic heterocycles. The first-order valence-corrected chi connectivity index (χ1v) is 11.9. The number of nitrogens with two attached hydrogens (primary N) is 1. The lowest BCUT2D eigenvalue weighted by Crippen LogP contribution is -2.44. The molecule has 3 aromatic rings. The van der Waals surface area contributed by atoms with Gasteiger partial charge in [0, 0.05) is 0 Å². The van der Waals surface area contributed by atoms with E-state index in [0.29, 0.717) is 30.3 Å². The highest BCUT2D eigenvalue weighted by Gasteiger charge is 2.57. The van der Waals surface area contributed by atoms with Crippen molar-refractivity contribution in [2.24, 2.45) is 5.92 Å². The molecule has 0 amide bonds. The van der Waals surface area contributed by atoms with Gasteiger partial charge in [0.2, 0.25) is 11.8 Å². The summed E-state index contributed by atoms with van der Waals surface area (Å²) in [5.41, 5.74) is 7.82. The lowest BCUT2D eigenvalue weighted by Gasteiger charge is -2.37. The van der Waals surface area contributed by atoms with E-state index in [1.807, 2.05) is 41.8 Å². The van der Waals surface area contributed by atoms with Gasteiger partial charge in [0.15, 0.2) is 17.5 Å². The molecule has 0 bridgehead atoms. The number of hydrogen-bond acceptors (Lipinski definition) is 8. The van der Waals surface area contributed by atoms with Crippen LogP contribution in [0.15, 0.2) is 36.7 Å². The molecule has 2 aliphatic rings. The van der Waals surface area contributed by atoms with Crippen molar-refractivity contribution in [3.05, 3.63) is 42.2 Å². The van der Waals surface area contributed by atoms with Crippen LogP contribution in [0.1, 0.15) is 38.3 Å². The molecule has 3 N–H and O–H groups in total. The average molecular weight is 454 g/mol. The Hall–Kier alpha value is -2.53. The van der Waals surface area contributed by atoms with Crippen molar-refractivity contribution in [3.63, 3.8) is 0 Å². The number of imidazole rings is 1. The number of fused-ring (bicyclic) bond motifs is 1. The molecule has 169 valence electrons. The molecule has 1 spiro atoms. The Morgan fingerprint density at radius 2 is 2.12 bits per heavy atom. The predicted octanol–water partition coefficient (Wildman–Crippen LogP) is 2.49. The quantitative estimate of drug-likeness (QED) is 0.547. The Labute approximate surface area is 188 Å². The monoisotopic (exact) mass is 453 g/mol. The van der Waals surface area contributed by atoms with Gasteiger partial charge in [-0.05, 0) is 18.4 Å². The van der Waals surface area contributed by atoms with Crippen molar-refractivity contribution in [2.45, 2.75) is 56.8 Å². The summed E-state index contributed by atoms with van der Waals surface area (Å²) in [6.45, 7) is 4.87. The molecular weight excluding hydrogens is 426 g/mol. The standard InChI is InChI=1S/C22H27N5O4Si/c1-3-15-16(32-28)9-17(22(15)11-30-13(2)31-22)27-12-24-18-19(27)25-21(23)26-20(18)29-10-14-7-5-4-6-8-14/h4-8,12-13,15-17,28H,3,9-11H2,1-2H3,(H2,23,25,26)/q-1/t13?,15-,16+,17+,22+/m1/s1. The van der Waals surface area contributed by atoms with Gasteiger partial charge in [0.1, 0.15) is 12.2 Å². The van der Waals surface area contributed by atoms with E-state index < -0.39 is 5.60 Å². The molecule has 1 aromatic carbocycles. The average Bonchev–Trinajstić information content (AvgIpc) is 3.48. The Balaban J connectivity index is 1.53. The highest BCUT2D eigenvalue weighted by Crippen LogP contribution is 2.56. The Morgan fingerprint density at radius 3 is 2.81 bits per heavy atom. The zero-order valence-corrected chi connectivity index (χ0v) is 19.1. The SMILES string of the molecule is CC[C@@H]1[C@@H]([Si-]O)C[C@H](n2cnc3c(OCc4ccccc4)nc(N)nc32)[C@]12COC(C)O2. The summed E-state index contributed by atoms with van der Waals surface area (Å²) in [4.78, 5) is 23.5. The zero-order chi connectivity index (χ0) is 22.3. The third kappa shape index (κ3) is 3.47. The summed E-state index contributed by atoms with van der Waals surface area (Å²) < 4.78 is 20.3. The van der Waals surface area contributed by atoms with Crippen LogP contribution in [0.4, 0.5) is 5.95 Å². The second kappa shape index (κ2) is 8.43. The topological polar surface area (TPSA) is 118 Å². The fourth-order valence-corrected chi connectivity index (χ4v) is 6.30. The Kier molecular flexibility index (Phi) is 5.62. The predicted molar refractivity (Wildman–Crippen MR) is 119 cm³/mol. The van der Waals surface area contributed by atoms with E-state index in [-0.39, 0.29) is 39.5 Å². The van der Waals surface area contributed by atoms with Crippen LogP contribution in [0.25, 0.3) is 11.2 Å². The van der Waals surface area contributed by atoms with Gasteiger partial charge < -0.3 is 29.3 Å². The van der Waals surface area contributed by atoms with Crippen LogP contribution in [-0.4, -0.2) is 52.6 Å². The van der Waals surface area contributed by atoms with E-state index in [1.54, 1.807) is 6.33 Å². The summed E-state index contributed by atoms with van der Waals surface area (Å²) in [6, 6.07) is 9.77. The van der Waals surface area contributed by atoms with Gasteiger partial charge in [-0.25, -0.2) is 4.98 Å². The summed E-state index contributed by atoms with van der Waals surface area (Å²) in [5, 5.41) is 0. The van der Waals surface area contributed by atoms with E-state index in [0.717, 1.165) is 18.4 Å². The number of benzene rings is 1. The number of nitrogens with zero attached hydrogens (tertiary/aromatic N) is 4. The van der Waals surface area contributed by atoms with Crippen LogP contribution in [-0.2, 0) is 16.1 Å². The summed E-state index contributed by atoms with van der Waals surface area (Å²) in [7, 11) is -0.164. The highest BCUT2D eigenvalue weighted by molar-refractivity contribution is 6.28. The van der Waals surface area contributed by atoms with Gasteiger partial charge in [-0.3, -0.25) is 9.76 Å². The molecule has 2 fully saturated rings. The molecule has 3 heterocycles. The number of nitrogen functional groups attached to an aromatic ring is 1. The van der Waals surface area contributed by atoms with Crippen molar-refractivity contribution in [1.82, 2.24) is 19.5 Å².